The van der Waals surface area contributed by atoms with Crippen molar-refractivity contribution in [2.24, 2.45) is 0 Å². The molecule has 1 fully saturated rings. The molecule has 6 heteroatoms. The summed E-state index contributed by atoms with van der Waals surface area (Å²) in [6, 6.07) is 6.24. The van der Waals surface area contributed by atoms with Crippen molar-refractivity contribution in [3.05, 3.63) is 34.9 Å². The number of methoxy groups -OCH3 is 1. The maximum absolute atomic E-state index is 12.9. The molecule has 0 unspecified atom stereocenters. The van der Waals surface area contributed by atoms with Crippen LogP contribution >= 0.6 is 11.6 Å². The first-order chi connectivity index (χ1) is 11.2. The van der Waals surface area contributed by atoms with Crippen LogP contribution < -0.4 is 5.32 Å². The lowest BCUT2D eigenvalue weighted by Crippen LogP contribution is -2.50. The van der Waals surface area contributed by atoms with Crippen LogP contribution in [0.3, 0.4) is 0 Å². The van der Waals surface area contributed by atoms with Crippen LogP contribution in [0.25, 0.3) is 0 Å². The van der Waals surface area contributed by atoms with Crippen molar-refractivity contribution >= 4 is 23.5 Å². The second kappa shape index (κ2) is 7.53. The number of benzene rings is 1. The van der Waals surface area contributed by atoms with E-state index in [0.29, 0.717) is 18.0 Å². The van der Waals surface area contributed by atoms with Crippen molar-refractivity contribution in [3.63, 3.8) is 0 Å². The first-order valence-electron chi connectivity index (χ1n) is 8.14. The number of esters is 1. The summed E-state index contributed by atoms with van der Waals surface area (Å²) in [7, 11) is 1.38. The molecular formula is C18H25ClN2O3. The van der Waals surface area contributed by atoms with Gasteiger partial charge in [0.1, 0.15) is 12.1 Å². The van der Waals surface area contributed by atoms with Crippen LogP contribution in [0.2, 0.25) is 5.02 Å². The Labute approximate surface area is 148 Å². The number of rotatable bonds is 4. The van der Waals surface area contributed by atoms with Gasteiger partial charge in [-0.15, -0.1) is 0 Å². The summed E-state index contributed by atoms with van der Waals surface area (Å²) in [5.74, 6) is -0.421. The fraction of sp³-hybridized carbons (Fsp3) is 0.556. The standard InChI is InChI=1S/C18H25ClN2O3/c1-18(2,3)20-16(22)15(12-7-9-13(19)10-8-12)21-11-5-6-14(21)17(23)24-4/h7-10,14-15H,5-6,11H2,1-4H3,(H,20,22)/t14-,15+/m0/s1. The lowest BCUT2D eigenvalue weighted by atomic mass is 10.0. The van der Waals surface area contributed by atoms with E-state index < -0.39 is 12.1 Å². The molecule has 1 aliphatic heterocycles. The Bertz CT molecular complexity index is 595. The van der Waals surface area contributed by atoms with Gasteiger partial charge >= 0.3 is 5.97 Å². The minimum atomic E-state index is -0.548. The highest BCUT2D eigenvalue weighted by atomic mass is 35.5. The summed E-state index contributed by atoms with van der Waals surface area (Å²) in [6.07, 6.45) is 1.55. The molecule has 1 aromatic carbocycles. The number of ether oxygens (including phenoxy) is 1. The molecule has 0 bridgehead atoms. The molecular weight excluding hydrogens is 328 g/mol. The van der Waals surface area contributed by atoms with E-state index in [-0.39, 0.29) is 17.4 Å². The van der Waals surface area contributed by atoms with E-state index in [9.17, 15) is 9.59 Å². The molecule has 0 aromatic heterocycles. The molecule has 1 amide bonds. The number of carbonyl (C=O) groups is 2. The van der Waals surface area contributed by atoms with Gasteiger partial charge in [-0.3, -0.25) is 14.5 Å². The third kappa shape index (κ3) is 4.48. The fourth-order valence-electron chi connectivity index (χ4n) is 3.06. The number of hydrogen-bond donors (Lipinski definition) is 1. The number of likely N-dealkylation sites (tertiary alicyclic amines) is 1. The topological polar surface area (TPSA) is 58.6 Å². The third-order valence-corrected chi connectivity index (χ3v) is 4.28. The Balaban J connectivity index is 2.36. The monoisotopic (exact) mass is 352 g/mol. The number of amides is 1. The molecule has 24 heavy (non-hydrogen) atoms. The Hall–Kier alpha value is -1.59. The summed E-state index contributed by atoms with van der Waals surface area (Å²) in [6.45, 7) is 6.48. The van der Waals surface area contributed by atoms with Gasteiger partial charge < -0.3 is 10.1 Å². The van der Waals surface area contributed by atoms with Crippen molar-refractivity contribution in [1.29, 1.82) is 0 Å². The van der Waals surface area contributed by atoms with E-state index >= 15 is 0 Å². The van der Waals surface area contributed by atoms with Crippen LogP contribution in [0.15, 0.2) is 24.3 Å². The lowest BCUT2D eigenvalue weighted by Gasteiger charge is -2.33. The van der Waals surface area contributed by atoms with Gasteiger partial charge in [-0.25, -0.2) is 0 Å². The fourth-order valence-corrected chi connectivity index (χ4v) is 3.19. The highest BCUT2D eigenvalue weighted by molar-refractivity contribution is 6.30. The SMILES string of the molecule is COC(=O)[C@@H]1CCCN1[C@@H](C(=O)NC(C)(C)C)c1ccc(Cl)cc1. The summed E-state index contributed by atoms with van der Waals surface area (Å²) in [5, 5.41) is 3.63. The maximum Gasteiger partial charge on any atom is 0.323 e. The predicted molar refractivity (Wildman–Crippen MR) is 93.8 cm³/mol. The number of nitrogens with zero attached hydrogens (tertiary/aromatic N) is 1. The van der Waals surface area contributed by atoms with E-state index in [0.717, 1.165) is 12.0 Å². The molecule has 2 atom stereocenters. The summed E-state index contributed by atoms with van der Waals surface area (Å²) < 4.78 is 4.92. The maximum atomic E-state index is 12.9. The lowest BCUT2D eigenvalue weighted by molar-refractivity contribution is -0.147. The van der Waals surface area contributed by atoms with E-state index in [1.807, 2.05) is 37.8 Å². The molecule has 0 aliphatic carbocycles. The molecule has 132 valence electrons. The minimum Gasteiger partial charge on any atom is -0.468 e. The van der Waals surface area contributed by atoms with E-state index in [4.69, 9.17) is 16.3 Å². The van der Waals surface area contributed by atoms with Crippen LogP contribution in [0.5, 0.6) is 0 Å². The van der Waals surface area contributed by atoms with Crippen LogP contribution in [0.1, 0.15) is 45.2 Å². The molecule has 1 saturated heterocycles. The van der Waals surface area contributed by atoms with Gasteiger partial charge in [0, 0.05) is 17.1 Å². The molecule has 1 heterocycles. The zero-order valence-corrected chi connectivity index (χ0v) is 15.4. The quantitative estimate of drug-likeness (QED) is 0.846. The van der Waals surface area contributed by atoms with Gasteiger partial charge in [0.2, 0.25) is 5.91 Å². The molecule has 0 spiro atoms. The van der Waals surface area contributed by atoms with Gasteiger partial charge in [-0.05, 0) is 51.3 Å². The number of halogens is 1. The summed E-state index contributed by atoms with van der Waals surface area (Å²) >= 11 is 5.98. The minimum absolute atomic E-state index is 0.124. The molecule has 2 rings (SSSR count). The van der Waals surface area contributed by atoms with Gasteiger partial charge in [0.15, 0.2) is 0 Å². The van der Waals surface area contributed by atoms with Crippen LogP contribution in [-0.2, 0) is 14.3 Å². The molecule has 0 radical (unpaired) electrons. The van der Waals surface area contributed by atoms with Gasteiger partial charge in [-0.1, -0.05) is 23.7 Å². The van der Waals surface area contributed by atoms with E-state index in [1.54, 1.807) is 12.1 Å². The van der Waals surface area contributed by atoms with Crippen LogP contribution in [-0.4, -0.2) is 42.0 Å². The smallest absolute Gasteiger partial charge is 0.323 e. The van der Waals surface area contributed by atoms with Crippen molar-refractivity contribution in [3.8, 4) is 0 Å². The highest BCUT2D eigenvalue weighted by Gasteiger charge is 2.40. The molecule has 0 saturated carbocycles. The highest BCUT2D eigenvalue weighted by Crippen LogP contribution is 2.31. The Morgan fingerprint density at radius 1 is 1.29 bits per heavy atom. The Morgan fingerprint density at radius 2 is 1.92 bits per heavy atom. The van der Waals surface area contributed by atoms with E-state index in [1.165, 1.54) is 7.11 Å². The van der Waals surface area contributed by atoms with Gasteiger partial charge in [0.25, 0.3) is 0 Å². The van der Waals surface area contributed by atoms with Gasteiger partial charge in [-0.2, -0.15) is 0 Å². The summed E-state index contributed by atoms with van der Waals surface area (Å²) in [4.78, 5) is 27.0. The first-order valence-corrected chi connectivity index (χ1v) is 8.52. The van der Waals surface area contributed by atoms with Crippen molar-refractivity contribution < 1.29 is 14.3 Å². The average molecular weight is 353 g/mol. The first kappa shape index (κ1) is 18.7. The number of nitrogens with one attached hydrogen (secondary N) is 1. The molecule has 1 N–H and O–H groups in total. The normalized spacial score (nSPS) is 19.8. The third-order valence-electron chi connectivity index (χ3n) is 4.03. The molecule has 5 nitrogen and oxygen atoms in total. The second-order valence-corrected chi connectivity index (χ2v) is 7.55. The zero-order valence-electron chi connectivity index (χ0n) is 14.6. The Morgan fingerprint density at radius 3 is 2.46 bits per heavy atom. The average Bonchev–Trinajstić information content (AvgIpc) is 2.96. The van der Waals surface area contributed by atoms with Crippen molar-refractivity contribution in [1.82, 2.24) is 10.2 Å². The van der Waals surface area contributed by atoms with Crippen molar-refractivity contribution in [2.45, 2.75) is 51.2 Å². The number of hydrogen-bond acceptors (Lipinski definition) is 4. The molecule has 1 aliphatic rings. The zero-order chi connectivity index (χ0) is 17.9. The van der Waals surface area contributed by atoms with E-state index in [2.05, 4.69) is 5.32 Å². The number of carbonyl (C=O) groups excluding carboxylic acids is 2. The second-order valence-electron chi connectivity index (χ2n) is 7.11. The molecule has 1 aromatic rings. The van der Waals surface area contributed by atoms with Crippen molar-refractivity contribution in [2.75, 3.05) is 13.7 Å². The van der Waals surface area contributed by atoms with Gasteiger partial charge in [0.05, 0.1) is 7.11 Å². The van der Waals surface area contributed by atoms with Crippen LogP contribution in [0, 0.1) is 0 Å². The van der Waals surface area contributed by atoms with Crippen LogP contribution in [0.4, 0.5) is 0 Å². The Kier molecular flexibility index (Phi) is 5.88. The largest absolute Gasteiger partial charge is 0.468 e. The summed E-state index contributed by atoms with van der Waals surface area (Å²) in [5.41, 5.74) is 0.458. The predicted octanol–water partition coefficient (Wildman–Crippen LogP) is 2.93.